The number of hydrogen-bond donors (Lipinski definition) is 1. The standard InChI is InChI=1S/C28H32N4O4/c1-19-6-5-7-24(22-15-30-32(2)16-22)31-28(27(19)29)36-18-21-10-13-25(26(14-21)34-4)35-17-20-8-11-23(33-3)12-9-20/h5,7-16,19H,6,17-18,29H2,1-4H3/b7-5+,28-27?,31-24?/t19-/m1/s1. The molecule has 8 heteroatoms. The maximum absolute atomic E-state index is 6.44. The smallest absolute Gasteiger partial charge is 0.233 e. The first-order valence-electron chi connectivity index (χ1n) is 11.8. The molecule has 1 aromatic heterocycles. The summed E-state index contributed by atoms with van der Waals surface area (Å²) < 4.78 is 24.6. The minimum Gasteiger partial charge on any atom is -0.497 e. The van der Waals surface area contributed by atoms with Gasteiger partial charge in [-0.1, -0.05) is 31.2 Å². The highest BCUT2D eigenvalue weighted by atomic mass is 16.5. The molecule has 0 amide bonds. The van der Waals surface area contributed by atoms with E-state index in [2.05, 4.69) is 18.1 Å². The quantitative estimate of drug-likeness (QED) is 0.467. The van der Waals surface area contributed by atoms with Crippen LogP contribution in [0.25, 0.3) is 0 Å². The third-order valence-corrected chi connectivity index (χ3v) is 5.92. The fourth-order valence-electron chi connectivity index (χ4n) is 3.72. The van der Waals surface area contributed by atoms with E-state index in [1.54, 1.807) is 25.1 Å². The van der Waals surface area contributed by atoms with Crippen molar-refractivity contribution in [2.24, 2.45) is 23.7 Å². The number of allylic oxidation sites excluding steroid dienone is 3. The highest BCUT2D eigenvalue weighted by Gasteiger charge is 2.17. The predicted molar refractivity (Wildman–Crippen MR) is 139 cm³/mol. The van der Waals surface area contributed by atoms with Crippen LogP contribution in [-0.2, 0) is 25.0 Å². The van der Waals surface area contributed by atoms with Crippen molar-refractivity contribution < 1.29 is 18.9 Å². The van der Waals surface area contributed by atoms with Crippen molar-refractivity contribution in [2.75, 3.05) is 14.2 Å². The SMILES string of the molecule is COc1ccc(COc2ccc(COC3=C(N)[C@H](C)C/C=C/C(c4cnn(C)c4)=N3)cc2OC)cc1. The Balaban J connectivity index is 1.48. The molecule has 2 N–H and O–H groups in total. The molecule has 4 rings (SSSR count). The van der Waals surface area contributed by atoms with Gasteiger partial charge >= 0.3 is 0 Å². The number of rotatable bonds is 9. The fraction of sp³-hybridized carbons (Fsp3) is 0.286. The molecule has 8 nitrogen and oxygen atoms in total. The van der Waals surface area contributed by atoms with Crippen molar-refractivity contribution in [3.8, 4) is 17.2 Å². The van der Waals surface area contributed by atoms with E-state index in [0.29, 0.717) is 29.7 Å². The molecule has 1 atom stereocenters. The number of nitrogens with zero attached hydrogens (tertiary/aromatic N) is 3. The van der Waals surface area contributed by atoms with Crippen LogP contribution >= 0.6 is 0 Å². The topological polar surface area (TPSA) is 93.1 Å². The number of hydrogen-bond acceptors (Lipinski definition) is 7. The van der Waals surface area contributed by atoms with Crippen molar-refractivity contribution in [2.45, 2.75) is 26.6 Å². The number of ether oxygens (including phenoxy) is 4. The molecular weight excluding hydrogens is 456 g/mol. The van der Waals surface area contributed by atoms with Gasteiger partial charge < -0.3 is 24.7 Å². The van der Waals surface area contributed by atoms with Crippen molar-refractivity contribution >= 4 is 5.71 Å². The average molecular weight is 489 g/mol. The second kappa shape index (κ2) is 11.5. The van der Waals surface area contributed by atoms with Gasteiger partial charge in [-0.05, 0) is 47.9 Å². The maximum atomic E-state index is 6.44. The van der Waals surface area contributed by atoms with Crippen molar-refractivity contribution in [1.82, 2.24) is 9.78 Å². The Hall–Kier alpha value is -4.20. The molecule has 0 radical (unpaired) electrons. The molecule has 0 spiro atoms. The Kier molecular flexibility index (Phi) is 7.95. The molecule has 188 valence electrons. The van der Waals surface area contributed by atoms with Gasteiger partial charge in [0.15, 0.2) is 11.5 Å². The average Bonchev–Trinajstić information content (AvgIpc) is 3.34. The van der Waals surface area contributed by atoms with E-state index < -0.39 is 0 Å². The van der Waals surface area contributed by atoms with Gasteiger partial charge in [0.2, 0.25) is 5.88 Å². The first-order chi connectivity index (χ1) is 17.5. The van der Waals surface area contributed by atoms with E-state index in [1.165, 1.54) is 0 Å². The summed E-state index contributed by atoms with van der Waals surface area (Å²) in [6.07, 6.45) is 8.55. The molecule has 0 bridgehead atoms. The van der Waals surface area contributed by atoms with Gasteiger partial charge in [-0.2, -0.15) is 5.10 Å². The summed E-state index contributed by atoms with van der Waals surface area (Å²) in [5.74, 6) is 2.61. The van der Waals surface area contributed by atoms with Crippen LogP contribution in [0.1, 0.15) is 30.0 Å². The Morgan fingerprint density at radius 3 is 2.42 bits per heavy atom. The lowest BCUT2D eigenvalue weighted by atomic mass is 10.0. The Labute approximate surface area is 211 Å². The number of aryl methyl sites for hydroxylation is 1. The summed E-state index contributed by atoms with van der Waals surface area (Å²) in [7, 11) is 5.14. The van der Waals surface area contributed by atoms with E-state index in [-0.39, 0.29) is 12.5 Å². The summed E-state index contributed by atoms with van der Waals surface area (Å²) in [6, 6.07) is 13.5. The normalized spacial score (nSPS) is 16.6. The van der Waals surface area contributed by atoms with Crippen LogP contribution in [0, 0.1) is 5.92 Å². The van der Waals surface area contributed by atoms with Crippen LogP contribution in [0.4, 0.5) is 0 Å². The summed E-state index contributed by atoms with van der Waals surface area (Å²) in [5.41, 5.74) is 10.6. The van der Waals surface area contributed by atoms with E-state index in [1.807, 2.05) is 61.8 Å². The Bertz CT molecular complexity index is 1270. The third kappa shape index (κ3) is 6.07. The van der Waals surface area contributed by atoms with E-state index in [4.69, 9.17) is 29.7 Å². The third-order valence-electron chi connectivity index (χ3n) is 5.92. The second-order valence-electron chi connectivity index (χ2n) is 8.61. The molecule has 0 unspecified atom stereocenters. The molecule has 2 heterocycles. The van der Waals surface area contributed by atoms with Gasteiger partial charge in [-0.15, -0.1) is 0 Å². The van der Waals surface area contributed by atoms with Crippen LogP contribution in [0.2, 0.25) is 0 Å². The van der Waals surface area contributed by atoms with Gasteiger partial charge in [0.25, 0.3) is 0 Å². The van der Waals surface area contributed by atoms with Crippen molar-refractivity contribution in [1.29, 1.82) is 0 Å². The second-order valence-corrected chi connectivity index (χ2v) is 8.61. The first kappa shape index (κ1) is 24.9. The van der Waals surface area contributed by atoms with Crippen LogP contribution in [0.3, 0.4) is 0 Å². The number of benzene rings is 2. The van der Waals surface area contributed by atoms with Crippen LogP contribution in [0.5, 0.6) is 17.2 Å². The summed E-state index contributed by atoms with van der Waals surface area (Å²) in [5, 5.41) is 4.25. The molecule has 0 fully saturated rings. The minimum atomic E-state index is 0.110. The zero-order valence-electron chi connectivity index (χ0n) is 21.1. The summed E-state index contributed by atoms with van der Waals surface area (Å²) in [4.78, 5) is 4.75. The molecular formula is C28H32N4O4. The van der Waals surface area contributed by atoms with Crippen molar-refractivity contribution in [3.63, 3.8) is 0 Å². The van der Waals surface area contributed by atoms with E-state index in [0.717, 1.165) is 34.6 Å². The zero-order chi connectivity index (χ0) is 25.5. The lowest BCUT2D eigenvalue weighted by Crippen LogP contribution is -2.15. The Morgan fingerprint density at radius 2 is 1.72 bits per heavy atom. The van der Waals surface area contributed by atoms with Crippen molar-refractivity contribution in [3.05, 3.63) is 95.3 Å². The molecule has 1 aliphatic heterocycles. The monoisotopic (exact) mass is 488 g/mol. The maximum Gasteiger partial charge on any atom is 0.233 e. The first-order valence-corrected chi connectivity index (χ1v) is 11.8. The lowest BCUT2D eigenvalue weighted by Gasteiger charge is -2.18. The fourth-order valence-corrected chi connectivity index (χ4v) is 3.72. The lowest BCUT2D eigenvalue weighted by molar-refractivity contribution is 0.189. The predicted octanol–water partition coefficient (Wildman–Crippen LogP) is 4.75. The highest BCUT2D eigenvalue weighted by molar-refractivity contribution is 6.08. The van der Waals surface area contributed by atoms with Gasteiger partial charge in [0.05, 0.1) is 31.8 Å². The van der Waals surface area contributed by atoms with Crippen LogP contribution in [0.15, 0.2) is 83.6 Å². The zero-order valence-corrected chi connectivity index (χ0v) is 21.1. The number of aliphatic imine (C=N–C) groups is 1. The number of nitrogens with two attached hydrogens (primary N) is 1. The Morgan fingerprint density at radius 1 is 0.972 bits per heavy atom. The molecule has 3 aromatic rings. The van der Waals surface area contributed by atoms with Gasteiger partial charge in [0.1, 0.15) is 19.0 Å². The largest absolute Gasteiger partial charge is 0.497 e. The van der Waals surface area contributed by atoms with E-state index in [9.17, 15) is 0 Å². The molecule has 1 aliphatic rings. The molecule has 0 saturated heterocycles. The van der Waals surface area contributed by atoms with Gasteiger partial charge in [0, 0.05) is 24.7 Å². The summed E-state index contributed by atoms with van der Waals surface area (Å²) >= 11 is 0. The molecule has 0 aliphatic carbocycles. The molecule has 0 saturated carbocycles. The number of aromatic nitrogens is 2. The summed E-state index contributed by atoms with van der Waals surface area (Å²) in [6.45, 7) is 2.76. The highest BCUT2D eigenvalue weighted by Crippen LogP contribution is 2.30. The number of methoxy groups -OCH3 is 2. The van der Waals surface area contributed by atoms with Crippen LogP contribution in [-0.4, -0.2) is 29.7 Å². The molecule has 36 heavy (non-hydrogen) atoms. The minimum absolute atomic E-state index is 0.110. The van der Waals surface area contributed by atoms with Crippen LogP contribution < -0.4 is 19.9 Å². The molecule has 2 aromatic carbocycles. The van der Waals surface area contributed by atoms with Gasteiger partial charge in [-0.25, -0.2) is 4.99 Å². The van der Waals surface area contributed by atoms with E-state index >= 15 is 0 Å². The van der Waals surface area contributed by atoms with Gasteiger partial charge in [-0.3, -0.25) is 4.68 Å².